The number of carbonyl (C=O) groups excluding carboxylic acids is 1. The molecule has 3 nitrogen and oxygen atoms in total. The first-order valence-electron chi connectivity index (χ1n) is 11.9. The maximum absolute atomic E-state index is 13.7. The third-order valence-corrected chi connectivity index (χ3v) is 7.29. The molecule has 1 aliphatic rings. The minimum atomic E-state index is -4.80. The fraction of sp³-hybridized carbons (Fsp3) is 0.414. The molecule has 0 spiro atoms. The molecule has 0 aliphatic heterocycles. The molecule has 0 fully saturated rings. The predicted octanol–water partition coefficient (Wildman–Crippen LogP) is 7.63. The predicted molar refractivity (Wildman–Crippen MR) is 132 cm³/mol. The number of carbonyl (C=O) groups is 1. The Morgan fingerprint density at radius 1 is 0.943 bits per heavy atom. The Kier molecular flexibility index (Phi) is 6.25. The molecule has 0 heterocycles. The number of aliphatic hydroxyl groups excluding tert-OH is 1. The summed E-state index contributed by atoms with van der Waals surface area (Å²) in [5, 5.41) is 11.4. The van der Waals surface area contributed by atoms with Crippen LogP contribution in [0.25, 0.3) is 21.9 Å². The topological polar surface area (TPSA) is 46.5 Å². The van der Waals surface area contributed by atoms with Crippen molar-refractivity contribution in [3.8, 4) is 11.1 Å². The lowest BCUT2D eigenvalue weighted by atomic mass is 9.62. The van der Waals surface area contributed by atoms with Crippen LogP contribution in [0.1, 0.15) is 80.6 Å². The van der Waals surface area contributed by atoms with Crippen molar-refractivity contribution in [2.24, 2.45) is 0 Å². The molecule has 0 amide bonds. The van der Waals surface area contributed by atoms with E-state index in [2.05, 4.69) is 27.7 Å². The van der Waals surface area contributed by atoms with Crippen molar-refractivity contribution < 1.29 is 27.8 Å². The molecule has 0 radical (unpaired) electrons. The van der Waals surface area contributed by atoms with Crippen molar-refractivity contribution in [3.63, 3.8) is 0 Å². The molecule has 1 atom stereocenters. The minimum absolute atomic E-state index is 0.112. The zero-order valence-electron chi connectivity index (χ0n) is 20.7. The van der Waals surface area contributed by atoms with Crippen LogP contribution in [-0.4, -0.2) is 23.9 Å². The lowest BCUT2D eigenvalue weighted by molar-refractivity contribution is -0.206. The number of hydrogen-bond acceptors (Lipinski definition) is 3. The van der Waals surface area contributed by atoms with Gasteiger partial charge in [0.15, 0.2) is 6.10 Å². The Balaban J connectivity index is 1.95. The van der Waals surface area contributed by atoms with Crippen LogP contribution >= 0.6 is 0 Å². The summed E-state index contributed by atoms with van der Waals surface area (Å²) in [6.07, 6.45) is -5.50. The van der Waals surface area contributed by atoms with Crippen LogP contribution in [-0.2, 0) is 15.6 Å². The molecule has 186 valence electrons. The Morgan fingerprint density at radius 3 is 2.06 bits per heavy atom. The molecule has 0 saturated carbocycles. The molecule has 3 aromatic rings. The van der Waals surface area contributed by atoms with Gasteiger partial charge in [0.1, 0.15) is 0 Å². The number of alkyl halides is 3. The highest BCUT2D eigenvalue weighted by atomic mass is 19.4. The van der Waals surface area contributed by atoms with E-state index in [9.17, 15) is 23.1 Å². The van der Waals surface area contributed by atoms with Gasteiger partial charge in [0.2, 0.25) is 0 Å². The summed E-state index contributed by atoms with van der Waals surface area (Å²) in [5.74, 6) is -0.456. The minimum Gasteiger partial charge on any atom is -0.462 e. The van der Waals surface area contributed by atoms with Crippen LogP contribution in [0, 0.1) is 0 Å². The van der Waals surface area contributed by atoms with Gasteiger partial charge in [0, 0.05) is 0 Å². The van der Waals surface area contributed by atoms with E-state index in [1.807, 2.05) is 18.2 Å². The van der Waals surface area contributed by atoms with E-state index in [0.29, 0.717) is 27.5 Å². The lowest BCUT2D eigenvalue weighted by Gasteiger charge is -2.42. The van der Waals surface area contributed by atoms with Crippen LogP contribution < -0.4 is 0 Å². The average molecular weight is 485 g/mol. The molecule has 35 heavy (non-hydrogen) atoms. The van der Waals surface area contributed by atoms with Crippen molar-refractivity contribution in [3.05, 3.63) is 70.8 Å². The lowest BCUT2D eigenvalue weighted by Crippen LogP contribution is -2.33. The quantitative estimate of drug-likeness (QED) is 0.387. The Morgan fingerprint density at radius 2 is 1.51 bits per heavy atom. The fourth-order valence-corrected chi connectivity index (χ4v) is 5.04. The zero-order chi connectivity index (χ0) is 25.8. The largest absolute Gasteiger partial charge is 0.462 e. The number of benzene rings is 3. The molecule has 0 saturated heterocycles. The van der Waals surface area contributed by atoms with E-state index < -0.39 is 18.2 Å². The smallest absolute Gasteiger partial charge is 0.418 e. The number of hydrogen-bond donors (Lipinski definition) is 1. The van der Waals surface area contributed by atoms with Gasteiger partial charge in [0.05, 0.1) is 12.2 Å². The summed E-state index contributed by atoms with van der Waals surface area (Å²) in [5.41, 5.74) is 3.26. The van der Waals surface area contributed by atoms with E-state index in [0.717, 1.165) is 24.0 Å². The summed E-state index contributed by atoms with van der Waals surface area (Å²) < 4.78 is 46.2. The fourth-order valence-electron chi connectivity index (χ4n) is 5.04. The van der Waals surface area contributed by atoms with Crippen molar-refractivity contribution in [2.45, 2.75) is 70.6 Å². The highest BCUT2D eigenvalue weighted by molar-refractivity contribution is 5.93. The van der Waals surface area contributed by atoms with E-state index in [1.54, 1.807) is 31.2 Å². The Hall–Kier alpha value is -2.86. The van der Waals surface area contributed by atoms with Gasteiger partial charge >= 0.3 is 12.1 Å². The Labute approximate surface area is 203 Å². The Bertz CT molecular complexity index is 1270. The van der Waals surface area contributed by atoms with E-state index in [1.165, 1.54) is 6.07 Å². The molecule has 1 unspecified atom stereocenters. The van der Waals surface area contributed by atoms with E-state index in [-0.39, 0.29) is 23.0 Å². The first-order chi connectivity index (χ1) is 16.2. The first-order valence-corrected chi connectivity index (χ1v) is 11.9. The highest BCUT2D eigenvalue weighted by Crippen LogP contribution is 2.48. The highest BCUT2D eigenvalue weighted by Gasteiger charge is 2.42. The number of esters is 1. The van der Waals surface area contributed by atoms with Crippen LogP contribution in [0.4, 0.5) is 13.2 Å². The van der Waals surface area contributed by atoms with Gasteiger partial charge in [-0.3, -0.25) is 0 Å². The van der Waals surface area contributed by atoms with Crippen molar-refractivity contribution in [1.29, 1.82) is 0 Å². The number of halogens is 3. The molecule has 1 N–H and O–H groups in total. The number of aliphatic hydroxyl groups is 1. The summed E-state index contributed by atoms with van der Waals surface area (Å²) in [6.45, 7) is 10.5. The van der Waals surface area contributed by atoms with Crippen LogP contribution in [0.15, 0.2) is 48.5 Å². The maximum Gasteiger partial charge on any atom is 0.418 e. The normalized spacial score (nSPS) is 17.6. The number of rotatable bonds is 4. The van der Waals surface area contributed by atoms with Gasteiger partial charge < -0.3 is 9.84 Å². The van der Waals surface area contributed by atoms with Gasteiger partial charge in [-0.2, -0.15) is 13.2 Å². The van der Waals surface area contributed by atoms with E-state index >= 15 is 0 Å². The number of fused-ring (bicyclic) bond motifs is 2. The van der Waals surface area contributed by atoms with Crippen molar-refractivity contribution in [2.75, 3.05) is 6.61 Å². The monoisotopic (exact) mass is 484 g/mol. The second-order valence-electron chi connectivity index (χ2n) is 10.7. The molecule has 0 aromatic heterocycles. The molecule has 4 rings (SSSR count). The van der Waals surface area contributed by atoms with Gasteiger partial charge in [0.25, 0.3) is 0 Å². The van der Waals surface area contributed by atoms with Crippen molar-refractivity contribution >= 4 is 16.7 Å². The molecular formula is C29H31F3O3. The third kappa shape index (κ3) is 4.68. The van der Waals surface area contributed by atoms with E-state index in [4.69, 9.17) is 4.74 Å². The van der Waals surface area contributed by atoms with Gasteiger partial charge in [-0.15, -0.1) is 0 Å². The summed E-state index contributed by atoms with van der Waals surface area (Å²) in [4.78, 5) is 12.0. The average Bonchev–Trinajstić information content (AvgIpc) is 2.80. The summed E-state index contributed by atoms with van der Waals surface area (Å²) >= 11 is 0. The van der Waals surface area contributed by atoms with Crippen LogP contribution in [0.5, 0.6) is 0 Å². The zero-order valence-corrected chi connectivity index (χ0v) is 20.7. The summed E-state index contributed by atoms with van der Waals surface area (Å²) in [7, 11) is 0. The standard InChI is InChI=1S/C29H31F3O3/c1-6-35-26(34)18-9-7-17(8-10-18)19-13-20-15-23-24(28(4,5)12-11-27(23,2)3)16-21(20)22(14-19)25(33)29(30,31)32/h7-10,13-16,25,33H,6,11-12H2,1-5H3. The van der Waals surface area contributed by atoms with Gasteiger partial charge in [-0.1, -0.05) is 45.9 Å². The first kappa shape index (κ1) is 25.2. The SMILES string of the molecule is CCOC(=O)c1ccc(-c2cc(C(O)C(F)(F)F)c3cc4c(cc3c2)C(C)(C)CCC4(C)C)cc1. The molecule has 3 aromatic carbocycles. The van der Waals surface area contributed by atoms with Crippen molar-refractivity contribution in [1.82, 2.24) is 0 Å². The van der Waals surface area contributed by atoms with Gasteiger partial charge in [-0.05, 0) is 99.5 Å². The molecule has 0 bridgehead atoms. The number of ether oxygens (including phenoxy) is 1. The van der Waals surface area contributed by atoms with Crippen LogP contribution in [0.2, 0.25) is 0 Å². The molecular weight excluding hydrogens is 453 g/mol. The second kappa shape index (κ2) is 8.66. The third-order valence-electron chi connectivity index (χ3n) is 7.29. The second-order valence-corrected chi connectivity index (χ2v) is 10.7. The van der Waals surface area contributed by atoms with Crippen LogP contribution in [0.3, 0.4) is 0 Å². The summed E-state index contributed by atoms with van der Waals surface area (Å²) in [6, 6.07) is 13.7. The maximum atomic E-state index is 13.7. The van der Waals surface area contributed by atoms with Gasteiger partial charge in [-0.25, -0.2) is 4.79 Å². The molecule has 6 heteroatoms. The molecule has 1 aliphatic carbocycles.